The average molecular weight is 430 g/mol. The van der Waals surface area contributed by atoms with Crippen LogP contribution in [-0.2, 0) is 16.0 Å². The molecule has 1 heterocycles. The number of aromatic amines is 1. The Balaban J connectivity index is 2.32. The Kier molecular flexibility index (Phi) is 5.02. The zero-order valence-electron chi connectivity index (χ0n) is 15.4. The SMILES string of the molecule is Cc1cc(C)cc(-c2nc(C(F)(F)F)[nH]c2-c2cc(F)c(S(C)(=O)=O)cc2F)c1. The van der Waals surface area contributed by atoms with Crippen LogP contribution >= 0.6 is 0 Å². The van der Waals surface area contributed by atoms with E-state index in [-0.39, 0.29) is 11.3 Å². The van der Waals surface area contributed by atoms with Gasteiger partial charge in [-0.15, -0.1) is 0 Å². The van der Waals surface area contributed by atoms with E-state index in [0.717, 1.165) is 11.1 Å². The van der Waals surface area contributed by atoms with E-state index < -0.39 is 49.6 Å². The van der Waals surface area contributed by atoms with E-state index in [9.17, 15) is 30.4 Å². The van der Waals surface area contributed by atoms with Gasteiger partial charge >= 0.3 is 6.18 Å². The number of nitrogens with one attached hydrogen (secondary N) is 1. The van der Waals surface area contributed by atoms with Crippen LogP contribution in [0.15, 0.2) is 35.2 Å². The van der Waals surface area contributed by atoms with Crippen molar-refractivity contribution in [3.05, 3.63) is 58.9 Å². The van der Waals surface area contributed by atoms with Gasteiger partial charge in [-0.05, 0) is 38.1 Å². The molecular weight excluding hydrogens is 415 g/mol. The lowest BCUT2D eigenvalue weighted by Gasteiger charge is -2.09. The summed E-state index contributed by atoms with van der Waals surface area (Å²) in [7, 11) is -4.07. The van der Waals surface area contributed by atoms with Crippen molar-refractivity contribution in [1.82, 2.24) is 9.97 Å². The number of hydrogen-bond acceptors (Lipinski definition) is 3. The van der Waals surface area contributed by atoms with Crippen LogP contribution in [0.4, 0.5) is 22.0 Å². The number of rotatable bonds is 3. The number of hydrogen-bond donors (Lipinski definition) is 1. The fraction of sp³-hybridized carbons (Fsp3) is 0.211. The Hall–Kier alpha value is -2.75. The highest BCUT2D eigenvalue weighted by Gasteiger charge is 2.36. The number of aryl methyl sites for hydroxylation is 2. The fourth-order valence-corrected chi connectivity index (χ4v) is 3.76. The normalized spacial score (nSPS) is 12.4. The maximum atomic E-state index is 14.6. The maximum absolute atomic E-state index is 14.6. The third kappa shape index (κ3) is 4.16. The summed E-state index contributed by atoms with van der Waals surface area (Å²) in [6, 6.07) is 5.91. The Morgan fingerprint density at radius 3 is 2.03 bits per heavy atom. The molecule has 0 aliphatic rings. The average Bonchev–Trinajstić information content (AvgIpc) is 3.00. The molecule has 0 saturated carbocycles. The van der Waals surface area contributed by atoms with Crippen molar-refractivity contribution >= 4 is 9.84 Å². The number of nitrogens with zero attached hydrogens (tertiary/aromatic N) is 1. The molecule has 1 N–H and O–H groups in total. The van der Waals surface area contributed by atoms with Crippen LogP contribution < -0.4 is 0 Å². The second kappa shape index (κ2) is 6.94. The molecule has 4 nitrogen and oxygen atoms in total. The smallest absolute Gasteiger partial charge is 0.334 e. The first-order valence-electron chi connectivity index (χ1n) is 8.22. The summed E-state index contributed by atoms with van der Waals surface area (Å²) in [5.74, 6) is -3.86. The lowest BCUT2D eigenvalue weighted by molar-refractivity contribution is -0.144. The maximum Gasteiger partial charge on any atom is 0.449 e. The third-order valence-electron chi connectivity index (χ3n) is 4.16. The summed E-state index contributed by atoms with van der Waals surface area (Å²) >= 11 is 0. The standard InChI is InChI=1S/C19H15F5N2O2S/c1-9-4-10(2)6-11(5-9)16-17(26-18(25-16)19(22,23)24)12-7-14(21)15(8-13(12)20)29(3,27)28/h4-8H,1-3H3,(H,25,26). The zero-order chi connectivity index (χ0) is 21.7. The summed E-state index contributed by atoms with van der Waals surface area (Å²) in [4.78, 5) is 4.69. The predicted octanol–water partition coefficient (Wildman–Crippen LogP) is 5.06. The van der Waals surface area contributed by atoms with Crippen LogP contribution in [0, 0.1) is 25.5 Å². The van der Waals surface area contributed by atoms with Gasteiger partial charge in [0.15, 0.2) is 9.84 Å². The highest BCUT2D eigenvalue weighted by Crippen LogP contribution is 2.38. The lowest BCUT2D eigenvalue weighted by atomic mass is 10.0. The van der Waals surface area contributed by atoms with Crippen LogP contribution in [0.3, 0.4) is 0 Å². The zero-order valence-corrected chi connectivity index (χ0v) is 16.3. The Morgan fingerprint density at radius 2 is 1.52 bits per heavy atom. The number of H-pyrrole nitrogens is 1. The van der Waals surface area contributed by atoms with Crippen LogP contribution in [-0.4, -0.2) is 24.6 Å². The summed E-state index contributed by atoms with van der Waals surface area (Å²) in [5.41, 5.74) is 0.555. The first-order chi connectivity index (χ1) is 13.3. The minimum Gasteiger partial charge on any atom is -0.334 e. The van der Waals surface area contributed by atoms with Crippen LogP contribution in [0.1, 0.15) is 17.0 Å². The van der Waals surface area contributed by atoms with E-state index in [2.05, 4.69) is 4.98 Å². The number of alkyl halides is 3. The monoisotopic (exact) mass is 430 g/mol. The van der Waals surface area contributed by atoms with Gasteiger partial charge in [0, 0.05) is 17.4 Å². The molecule has 10 heteroatoms. The Labute approximate surface area is 163 Å². The second-order valence-electron chi connectivity index (χ2n) is 6.72. The van der Waals surface area contributed by atoms with Crippen molar-refractivity contribution in [3.8, 4) is 22.5 Å². The van der Waals surface area contributed by atoms with E-state index in [4.69, 9.17) is 0 Å². The highest BCUT2D eigenvalue weighted by atomic mass is 32.2. The van der Waals surface area contributed by atoms with Crippen LogP contribution in [0.5, 0.6) is 0 Å². The van der Waals surface area contributed by atoms with Crippen molar-refractivity contribution in [1.29, 1.82) is 0 Å². The van der Waals surface area contributed by atoms with E-state index in [1.165, 1.54) is 0 Å². The van der Waals surface area contributed by atoms with Crippen molar-refractivity contribution < 1.29 is 30.4 Å². The molecule has 0 aliphatic carbocycles. The number of imidazole rings is 1. The molecule has 0 unspecified atom stereocenters. The van der Waals surface area contributed by atoms with Gasteiger partial charge in [-0.2, -0.15) is 13.2 Å². The quantitative estimate of drug-likeness (QED) is 0.591. The van der Waals surface area contributed by atoms with Crippen molar-refractivity contribution in [3.63, 3.8) is 0 Å². The molecule has 1 aromatic heterocycles. The van der Waals surface area contributed by atoms with Crippen molar-refractivity contribution in [2.75, 3.05) is 6.26 Å². The van der Waals surface area contributed by atoms with Gasteiger partial charge in [0.1, 0.15) is 16.5 Å². The van der Waals surface area contributed by atoms with Gasteiger partial charge < -0.3 is 4.98 Å². The van der Waals surface area contributed by atoms with Crippen LogP contribution in [0.25, 0.3) is 22.5 Å². The fourth-order valence-electron chi connectivity index (χ4n) is 3.03. The molecule has 0 amide bonds. The second-order valence-corrected chi connectivity index (χ2v) is 8.70. The van der Waals surface area contributed by atoms with Crippen molar-refractivity contribution in [2.24, 2.45) is 0 Å². The summed E-state index contributed by atoms with van der Waals surface area (Å²) in [6.07, 6.45) is -4.16. The van der Waals surface area contributed by atoms with E-state index in [1.807, 2.05) is 4.98 Å². The van der Waals surface area contributed by atoms with Gasteiger partial charge in [0.2, 0.25) is 5.82 Å². The first-order valence-corrected chi connectivity index (χ1v) is 10.1. The number of halogens is 5. The molecule has 3 aromatic rings. The minimum atomic E-state index is -4.85. The predicted molar refractivity (Wildman–Crippen MR) is 97.0 cm³/mol. The topological polar surface area (TPSA) is 62.8 Å². The molecule has 0 radical (unpaired) electrons. The molecule has 0 saturated heterocycles. The summed E-state index contributed by atoms with van der Waals surface area (Å²) < 4.78 is 91.8. The highest BCUT2D eigenvalue weighted by molar-refractivity contribution is 7.90. The molecule has 0 aliphatic heterocycles. The number of benzene rings is 2. The molecule has 29 heavy (non-hydrogen) atoms. The lowest BCUT2D eigenvalue weighted by Crippen LogP contribution is -2.07. The molecular formula is C19H15F5N2O2S. The van der Waals surface area contributed by atoms with Gasteiger partial charge in [0.05, 0.1) is 11.4 Å². The molecule has 0 bridgehead atoms. The third-order valence-corrected chi connectivity index (χ3v) is 5.27. The van der Waals surface area contributed by atoms with Gasteiger partial charge in [-0.3, -0.25) is 0 Å². The molecule has 154 valence electrons. The first kappa shape index (κ1) is 21.0. The molecule has 0 fully saturated rings. The molecule has 0 spiro atoms. The van der Waals surface area contributed by atoms with Gasteiger partial charge in [-0.1, -0.05) is 17.2 Å². The molecule has 0 atom stereocenters. The number of aromatic nitrogens is 2. The van der Waals surface area contributed by atoms with Gasteiger partial charge in [-0.25, -0.2) is 22.2 Å². The van der Waals surface area contributed by atoms with E-state index >= 15 is 0 Å². The molecule has 3 rings (SSSR count). The summed E-state index contributed by atoms with van der Waals surface area (Å²) in [5, 5.41) is 0. The van der Waals surface area contributed by atoms with E-state index in [1.54, 1.807) is 32.0 Å². The molecule has 2 aromatic carbocycles. The largest absolute Gasteiger partial charge is 0.449 e. The Bertz CT molecular complexity index is 1190. The van der Waals surface area contributed by atoms with Crippen LogP contribution in [0.2, 0.25) is 0 Å². The van der Waals surface area contributed by atoms with Gasteiger partial charge in [0.25, 0.3) is 0 Å². The minimum absolute atomic E-state index is 0.227. The number of sulfone groups is 1. The van der Waals surface area contributed by atoms with Crippen molar-refractivity contribution in [2.45, 2.75) is 24.9 Å². The van der Waals surface area contributed by atoms with E-state index in [0.29, 0.717) is 18.4 Å². The summed E-state index contributed by atoms with van der Waals surface area (Å²) in [6.45, 7) is 3.46. The Morgan fingerprint density at radius 1 is 0.931 bits per heavy atom.